The van der Waals surface area contributed by atoms with E-state index in [4.69, 9.17) is 4.74 Å². The van der Waals surface area contributed by atoms with E-state index in [-0.39, 0.29) is 4.90 Å². The first kappa shape index (κ1) is 17.0. The summed E-state index contributed by atoms with van der Waals surface area (Å²) in [5.74, 6) is -0.427. The molecule has 0 aliphatic carbocycles. The number of ether oxygens (including phenoxy) is 1. The number of benzene rings is 1. The van der Waals surface area contributed by atoms with Crippen molar-refractivity contribution < 1.29 is 17.9 Å². The standard InChI is InChI=1S/C15H19N3O4S/c1-4-9-22-15(19)12-5-7-13(8-6-12)17-23(20,21)14-10-18(3)16-11(14)2/h5-8,10,17H,4,9H2,1-3H3. The first-order valence-corrected chi connectivity index (χ1v) is 8.62. The SMILES string of the molecule is CCCOC(=O)c1ccc(NS(=O)(=O)c2cn(C)nc2C)cc1. The van der Waals surface area contributed by atoms with Crippen LogP contribution in [0.4, 0.5) is 5.69 Å². The van der Waals surface area contributed by atoms with Gasteiger partial charge in [-0.25, -0.2) is 13.2 Å². The first-order valence-electron chi connectivity index (χ1n) is 7.13. The highest BCUT2D eigenvalue weighted by atomic mass is 32.2. The summed E-state index contributed by atoms with van der Waals surface area (Å²) in [6, 6.07) is 6.08. The largest absolute Gasteiger partial charge is 0.462 e. The Kier molecular flexibility index (Phi) is 5.05. The maximum atomic E-state index is 12.3. The molecule has 124 valence electrons. The summed E-state index contributed by atoms with van der Waals surface area (Å²) in [5.41, 5.74) is 1.15. The monoisotopic (exact) mass is 337 g/mol. The number of carbonyl (C=O) groups is 1. The molecular weight excluding hydrogens is 318 g/mol. The number of hydrogen-bond acceptors (Lipinski definition) is 5. The number of nitrogens with one attached hydrogen (secondary N) is 1. The van der Waals surface area contributed by atoms with E-state index >= 15 is 0 Å². The van der Waals surface area contributed by atoms with E-state index in [1.165, 1.54) is 35.1 Å². The zero-order valence-electron chi connectivity index (χ0n) is 13.2. The van der Waals surface area contributed by atoms with Gasteiger partial charge in [-0.05, 0) is 37.6 Å². The van der Waals surface area contributed by atoms with Crippen molar-refractivity contribution >= 4 is 21.7 Å². The van der Waals surface area contributed by atoms with Gasteiger partial charge in [0.05, 0.1) is 17.9 Å². The second kappa shape index (κ2) is 6.82. The van der Waals surface area contributed by atoms with Crippen LogP contribution in [0, 0.1) is 6.92 Å². The molecule has 8 heteroatoms. The smallest absolute Gasteiger partial charge is 0.338 e. The molecule has 0 bridgehead atoms. The van der Waals surface area contributed by atoms with Gasteiger partial charge in [0.2, 0.25) is 0 Å². The Morgan fingerprint density at radius 2 is 1.96 bits per heavy atom. The molecule has 0 fully saturated rings. The Bertz CT molecular complexity index is 795. The normalized spacial score (nSPS) is 11.3. The molecule has 1 heterocycles. The Morgan fingerprint density at radius 3 is 2.48 bits per heavy atom. The van der Waals surface area contributed by atoms with Crippen LogP contribution < -0.4 is 4.72 Å². The molecule has 0 aliphatic rings. The second-order valence-corrected chi connectivity index (χ2v) is 6.72. The van der Waals surface area contributed by atoms with Gasteiger partial charge in [-0.1, -0.05) is 6.92 Å². The molecule has 0 saturated carbocycles. The van der Waals surface area contributed by atoms with E-state index in [1.54, 1.807) is 14.0 Å². The maximum absolute atomic E-state index is 12.3. The van der Waals surface area contributed by atoms with E-state index in [0.717, 1.165) is 6.42 Å². The fourth-order valence-corrected chi connectivity index (χ4v) is 3.28. The summed E-state index contributed by atoms with van der Waals surface area (Å²) in [4.78, 5) is 11.8. The summed E-state index contributed by atoms with van der Waals surface area (Å²) in [6.45, 7) is 3.89. The van der Waals surface area contributed by atoms with Gasteiger partial charge >= 0.3 is 5.97 Å². The minimum Gasteiger partial charge on any atom is -0.462 e. The van der Waals surface area contributed by atoms with Crippen molar-refractivity contribution in [2.45, 2.75) is 25.2 Å². The van der Waals surface area contributed by atoms with Crippen molar-refractivity contribution in [3.8, 4) is 0 Å². The molecule has 1 aromatic carbocycles. The van der Waals surface area contributed by atoms with E-state index in [9.17, 15) is 13.2 Å². The van der Waals surface area contributed by atoms with Crippen LogP contribution in [0.2, 0.25) is 0 Å². The summed E-state index contributed by atoms with van der Waals surface area (Å²) in [5, 5.41) is 4.02. The minimum absolute atomic E-state index is 0.117. The topological polar surface area (TPSA) is 90.3 Å². The van der Waals surface area contributed by atoms with Gasteiger partial charge in [0.15, 0.2) is 0 Å². The molecule has 0 radical (unpaired) electrons. The van der Waals surface area contributed by atoms with Crippen molar-refractivity contribution in [2.24, 2.45) is 7.05 Å². The first-order chi connectivity index (χ1) is 10.8. The lowest BCUT2D eigenvalue weighted by molar-refractivity contribution is 0.0505. The maximum Gasteiger partial charge on any atom is 0.338 e. The third-order valence-electron chi connectivity index (χ3n) is 3.07. The Balaban J connectivity index is 2.14. The predicted molar refractivity (Wildman–Crippen MR) is 85.8 cm³/mol. The van der Waals surface area contributed by atoms with Crippen LogP contribution in [0.5, 0.6) is 0 Å². The molecule has 0 unspecified atom stereocenters. The fourth-order valence-electron chi connectivity index (χ4n) is 2.00. The number of hydrogen-bond donors (Lipinski definition) is 1. The number of esters is 1. The molecule has 7 nitrogen and oxygen atoms in total. The molecular formula is C15H19N3O4S. The fraction of sp³-hybridized carbons (Fsp3) is 0.333. The van der Waals surface area contributed by atoms with Crippen LogP contribution in [-0.2, 0) is 21.8 Å². The molecule has 0 amide bonds. The molecule has 23 heavy (non-hydrogen) atoms. The predicted octanol–water partition coefficient (Wildman–Crippen LogP) is 2.10. The van der Waals surface area contributed by atoms with E-state index in [2.05, 4.69) is 9.82 Å². The summed E-state index contributed by atoms with van der Waals surface area (Å²) >= 11 is 0. The van der Waals surface area contributed by atoms with Crippen LogP contribution in [0.3, 0.4) is 0 Å². The average molecular weight is 337 g/mol. The summed E-state index contributed by atoms with van der Waals surface area (Å²) in [7, 11) is -2.06. The number of aromatic nitrogens is 2. The molecule has 1 N–H and O–H groups in total. The number of anilines is 1. The van der Waals surface area contributed by atoms with Crippen molar-refractivity contribution in [2.75, 3.05) is 11.3 Å². The lowest BCUT2D eigenvalue weighted by atomic mass is 10.2. The molecule has 0 spiro atoms. The molecule has 1 aromatic heterocycles. The molecule has 0 atom stereocenters. The van der Waals surface area contributed by atoms with Crippen LogP contribution >= 0.6 is 0 Å². The van der Waals surface area contributed by atoms with Crippen molar-refractivity contribution in [1.82, 2.24) is 9.78 Å². The minimum atomic E-state index is -3.72. The zero-order valence-corrected chi connectivity index (χ0v) is 14.1. The van der Waals surface area contributed by atoms with Gasteiger partial charge in [0.25, 0.3) is 10.0 Å². The lowest BCUT2D eigenvalue weighted by Crippen LogP contribution is -2.13. The quantitative estimate of drug-likeness (QED) is 0.815. The number of carbonyl (C=O) groups excluding carboxylic acids is 1. The third-order valence-corrected chi connectivity index (χ3v) is 4.55. The van der Waals surface area contributed by atoms with Gasteiger partial charge < -0.3 is 4.74 Å². The van der Waals surface area contributed by atoms with E-state index < -0.39 is 16.0 Å². The van der Waals surface area contributed by atoms with E-state index in [1.807, 2.05) is 6.92 Å². The van der Waals surface area contributed by atoms with E-state index in [0.29, 0.717) is 23.6 Å². The van der Waals surface area contributed by atoms with Gasteiger partial charge in [0, 0.05) is 18.9 Å². The summed E-state index contributed by atoms with van der Waals surface area (Å²) in [6.07, 6.45) is 2.18. The number of aryl methyl sites for hydroxylation is 2. The van der Waals surface area contributed by atoms with Gasteiger partial charge in [-0.15, -0.1) is 0 Å². The zero-order chi connectivity index (χ0) is 17.0. The van der Waals surface area contributed by atoms with Crippen LogP contribution in [0.1, 0.15) is 29.4 Å². The third kappa shape index (κ3) is 4.10. The molecule has 0 aliphatic heterocycles. The number of sulfonamides is 1. The van der Waals surface area contributed by atoms with Gasteiger partial charge in [0.1, 0.15) is 4.90 Å². The number of rotatable bonds is 6. The Morgan fingerprint density at radius 1 is 1.30 bits per heavy atom. The number of nitrogens with zero attached hydrogens (tertiary/aromatic N) is 2. The van der Waals surface area contributed by atoms with Crippen LogP contribution in [-0.4, -0.2) is 30.8 Å². The highest BCUT2D eigenvalue weighted by Gasteiger charge is 2.20. The highest BCUT2D eigenvalue weighted by Crippen LogP contribution is 2.19. The highest BCUT2D eigenvalue weighted by molar-refractivity contribution is 7.92. The van der Waals surface area contributed by atoms with Crippen LogP contribution in [0.25, 0.3) is 0 Å². The molecule has 0 saturated heterocycles. The molecule has 2 rings (SSSR count). The second-order valence-electron chi connectivity index (χ2n) is 5.07. The Hall–Kier alpha value is -2.35. The Labute approximate surface area is 135 Å². The van der Waals surface area contributed by atoms with Crippen molar-refractivity contribution in [1.29, 1.82) is 0 Å². The summed E-state index contributed by atoms with van der Waals surface area (Å²) < 4.78 is 33.6. The van der Waals surface area contributed by atoms with Crippen LogP contribution in [0.15, 0.2) is 35.4 Å². The van der Waals surface area contributed by atoms with Gasteiger partial charge in [-0.3, -0.25) is 9.40 Å². The van der Waals surface area contributed by atoms with Gasteiger partial charge in [-0.2, -0.15) is 5.10 Å². The lowest BCUT2D eigenvalue weighted by Gasteiger charge is -2.08. The van der Waals surface area contributed by atoms with Crippen molar-refractivity contribution in [3.05, 3.63) is 41.7 Å². The van der Waals surface area contributed by atoms with Crippen molar-refractivity contribution in [3.63, 3.8) is 0 Å². The molecule has 2 aromatic rings. The average Bonchev–Trinajstić information content (AvgIpc) is 2.85.